The van der Waals surface area contributed by atoms with E-state index in [1.54, 1.807) is 6.20 Å². The number of hydrogen-bond donors (Lipinski definition) is 2. The van der Waals surface area contributed by atoms with Crippen LogP contribution in [0, 0.1) is 6.92 Å². The molecule has 0 saturated heterocycles. The first kappa shape index (κ1) is 12.1. The van der Waals surface area contributed by atoms with E-state index in [9.17, 15) is 0 Å². The van der Waals surface area contributed by atoms with E-state index in [-0.39, 0.29) is 6.04 Å². The Hall–Kier alpha value is -1.40. The largest absolute Gasteiger partial charge is 0.322 e. The molecule has 3 N–H and O–H groups in total. The standard InChI is InChI=1S/C10H15ClN6/c1-3-17-9(10(11)6(2)15-17)4-7(12)8-5-13-16-14-8/h5,7H,3-4,12H2,1-2H3,(H,13,14,16). The predicted molar refractivity (Wildman–Crippen MR) is 64.7 cm³/mol. The molecular formula is C10H15ClN6. The van der Waals surface area contributed by atoms with Crippen molar-refractivity contribution in [2.45, 2.75) is 32.9 Å². The Morgan fingerprint density at radius 1 is 1.59 bits per heavy atom. The maximum absolute atomic E-state index is 6.22. The Morgan fingerprint density at radius 3 is 2.94 bits per heavy atom. The van der Waals surface area contributed by atoms with Gasteiger partial charge in [0.05, 0.1) is 34.3 Å². The van der Waals surface area contributed by atoms with E-state index in [1.807, 2.05) is 18.5 Å². The molecule has 92 valence electrons. The van der Waals surface area contributed by atoms with Crippen LogP contribution >= 0.6 is 11.6 Å². The van der Waals surface area contributed by atoms with Gasteiger partial charge in [-0.3, -0.25) is 4.68 Å². The number of nitrogens with one attached hydrogen (secondary N) is 1. The highest BCUT2D eigenvalue weighted by molar-refractivity contribution is 6.31. The highest BCUT2D eigenvalue weighted by atomic mass is 35.5. The number of rotatable bonds is 4. The number of hydrogen-bond acceptors (Lipinski definition) is 4. The Labute approximate surface area is 104 Å². The quantitative estimate of drug-likeness (QED) is 0.859. The predicted octanol–water partition coefficient (Wildman–Crippen LogP) is 1.23. The van der Waals surface area contributed by atoms with Crippen molar-refractivity contribution >= 4 is 11.6 Å². The molecule has 0 aliphatic heterocycles. The third-order valence-corrected chi connectivity index (χ3v) is 3.17. The Kier molecular flexibility index (Phi) is 3.44. The van der Waals surface area contributed by atoms with Crippen molar-refractivity contribution in [3.63, 3.8) is 0 Å². The van der Waals surface area contributed by atoms with Gasteiger partial charge in [-0.1, -0.05) is 11.6 Å². The van der Waals surface area contributed by atoms with E-state index in [0.29, 0.717) is 11.4 Å². The molecule has 7 heteroatoms. The lowest BCUT2D eigenvalue weighted by atomic mass is 10.1. The van der Waals surface area contributed by atoms with Crippen molar-refractivity contribution in [3.05, 3.63) is 28.3 Å². The fourth-order valence-electron chi connectivity index (χ4n) is 1.77. The second kappa shape index (κ2) is 4.85. The van der Waals surface area contributed by atoms with Crippen LogP contribution in [-0.2, 0) is 13.0 Å². The lowest BCUT2D eigenvalue weighted by Crippen LogP contribution is -2.16. The fourth-order valence-corrected chi connectivity index (χ4v) is 1.98. The second-order valence-corrected chi connectivity index (χ2v) is 4.25. The molecule has 0 fully saturated rings. The first-order valence-electron chi connectivity index (χ1n) is 5.46. The number of nitrogens with two attached hydrogens (primary N) is 1. The molecule has 2 heterocycles. The lowest BCUT2D eigenvalue weighted by Gasteiger charge is -2.10. The van der Waals surface area contributed by atoms with Crippen molar-refractivity contribution in [1.29, 1.82) is 0 Å². The van der Waals surface area contributed by atoms with Crippen LogP contribution in [0.5, 0.6) is 0 Å². The summed E-state index contributed by atoms with van der Waals surface area (Å²) in [6.45, 7) is 4.68. The third-order valence-electron chi connectivity index (χ3n) is 2.68. The van der Waals surface area contributed by atoms with Gasteiger partial charge in [-0.05, 0) is 13.8 Å². The Morgan fingerprint density at radius 2 is 2.35 bits per heavy atom. The van der Waals surface area contributed by atoms with Crippen LogP contribution in [0.2, 0.25) is 5.02 Å². The van der Waals surface area contributed by atoms with Crippen LogP contribution in [0.1, 0.15) is 30.0 Å². The van der Waals surface area contributed by atoms with Crippen molar-refractivity contribution in [3.8, 4) is 0 Å². The molecule has 1 unspecified atom stereocenters. The first-order valence-corrected chi connectivity index (χ1v) is 5.84. The average Bonchev–Trinajstić information content (AvgIpc) is 2.92. The molecular weight excluding hydrogens is 240 g/mol. The van der Waals surface area contributed by atoms with Gasteiger partial charge >= 0.3 is 0 Å². The number of aromatic amines is 1. The van der Waals surface area contributed by atoms with Gasteiger partial charge in [0.25, 0.3) is 0 Å². The highest BCUT2D eigenvalue weighted by Gasteiger charge is 2.17. The Bertz CT molecular complexity index is 489. The first-order chi connectivity index (χ1) is 8.13. The van der Waals surface area contributed by atoms with Gasteiger partial charge in [-0.15, -0.1) is 0 Å². The van der Waals surface area contributed by atoms with Crippen LogP contribution in [0.4, 0.5) is 0 Å². The summed E-state index contributed by atoms with van der Waals surface area (Å²) in [5.74, 6) is 0. The number of halogens is 1. The molecule has 0 amide bonds. The minimum absolute atomic E-state index is 0.229. The smallest absolute Gasteiger partial charge is 0.0995 e. The molecule has 2 rings (SSSR count). The Balaban J connectivity index is 2.24. The van der Waals surface area contributed by atoms with Gasteiger partial charge < -0.3 is 5.73 Å². The van der Waals surface area contributed by atoms with Gasteiger partial charge in [-0.25, -0.2) is 0 Å². The molecule has 2 aromatic rings. The molecule has 0 aliphatic carbocycles. The maximum atomic E-state index is 6.22. The van der Waals surface area contributed by atoms with E-state index < -0.39 is 0 Å². The topological polar surface area (TPSA) is 85.4 Å². The molecule has 2 aromatic heterocycles. The van der Waals surface area contributed by atoms with Gasteiger partial charge in [0.1, 0.15) is 0 Å². The summed E-state index contributed by atoms with van der Waals surface area (Å²) in [4.78, 5) is 0. The molecule has 17 heavy (non-hydrogen) atoms. The van der Waals surface area contributed by atoms with Gasteiger partial charge in [0.15, 0.2) is 0 Å². The maximum Gasteiger partial charge on any atom is 0.0995 e. The molecule has 0 aliphatic rings. The summed E-state index contributed by atoms with van der Waals surface area (Å²) in [6.07, 6.45) is 2.22. The molecule has 0 aromatic carbocycles. The van der Waals surface area contributed by atoms with Crippen molar-refractivity contribution < 1.29 is 0 Å². The molecule has 0 bridgehead atoms. The average molecular weight is 255 g/mol. The summed E-state index contributed by atoms with van der Waals surface area (Å²) >= 11 is 6.22. The minimum atomic E-state index is -0.229. The van der Waals surface area contributed by atoms with E-state index in [0.717, 1.165) is 23.6 Å². The molecule has 1 atom stereocenters. The van der Waals surface area contributed by atoms with E-state index >= 15 is 0 Å². The zero-order valence-electron chi connectivity index (χ0n) is 9.81. The van der Waals surface area contributed by atoms with E-state index in [2.05, 4.69) is 20.5 Å². The fraction of sp³-hybridized carbons (Fsp3) is 0.500. The van der Waals surface area contributed by atoms with Crippen LogP contribution in [0.15, 0.2) is 6.20 Å². The van der Waals surface area contributed by atoms with Gasteiger partial charge in [0.2, 0.25) is 0 Å². The molecule has 6 nitrogen and oxygen atoms in total. The van der Waals surface area contributed by atoms with Crippen molar-refractivity contribution in [2.75, 3.05) is 0 Å². The van der Waals surface area contributed by atoms with Crippen molar-refractivity contribution in [2.24, 2.45) is 5.73 Å². The number of H-pyrrole nitrogens is 1. The molecule has 0 radical (unpaired) electrons. The second-order valence-electron chi connectivity index (χ2n) is 3.87. The monoisotopic (exact) mass is 254 g/mol. The zero-order chi connectivity index (χ0) is 12.4. The normalized spacial score (nSPS) is 12.9. The summed E-state index contributed by atoms with van der Waals surface area (Å²) in [7, 11) is 0. The molecule has 0 saturated carbocycles. The zero-order valence-corrected chi connectivity index (χ0v) is 10.6. The van der Waals surface area contributed by atoms with Crippen LogP contribution in [0.3, 0.4) is 0 Å². The summed E-state index contributed by atoms with van der Waals surface area (Å²) in [6, 6.07) is -0.229. The number of nitrogens with zero attached hydrogens (tertiary/aromatic N) is 4. The van der Waals surface area contributed by atoms with Crippen molar-refractivity contribution in [1.82, 2.24) is 25.2 Å². The third kappa shape index (κ3) is 2.32. The van der Waals surface area contributed by atoms with Crippen LogP contribution in [-0.4, -0.2) is 25.2 Å². The molecule has 0 spiro atoms. The number of aromatic nitrogens is 5. The lowest BCUT2D eigenvalue weighted by molar-refractivity contribution is 0.581. The van der Waals surface area contributed by atoms with Gasteiger partial charge in [0, 0.05) is 13.0 Å². The summed E-state index contributed by atoms with van der Waals surface area (Å²) < 4.78 is 1.87. The van der Waals surface area contributed by atoms with Crippen LogP contribution < -0.4 is 5.73 Å². The summed E-state index contributed by atoms with van der Waals surface area (Å²) in [5.41, 5.74) is 8.55. The summed E-state index contributed by atoms with van der Waals surface area (Å²) in [5, 5.41) is 15.3. The van der Waals surface area contributed by atoms with E-state index in [1.165, 1.54) is 0 Å². The SMILES string of the molecule is CCn1nc(C)c(Cl)c1CC(N)c1cn[nH]n1. The minimum Gasteiger partial charge on any atom is -0.322 e. The number of aryl methyl sites for hydroxylation is 2. The van der Waals surface area contributed by atoms with E-state index in [4.69, 9.17) is 17.3 Å². The van der Waals surface area contributed by atoms with Crippen LogP contribution in [0.25, 0.3) is 0 Å². The van der Waals surface area contributed by atoms with Gasteiger partial charge in [-0.2, -0.15) is 20.5 Å². The highest BCUT2D eigenvalue weighted by Crippen LogP contribution is 2.24.